The van der Waals surface area contributed by atoms with Crippen LogP contribution in [-0.2, 0) is 4.79 Å². The summed E-state index contributed by atoms with van der Waals surface area (Å²) >= 11 is 0. The second-order valence-electron chi connectivity index (χ2n) is 3.90. The van der Waals surface area contributed by atoms with Gasteiger partial charge in [0.15, 0.2) is 5.75 Å². The SMILES string of the molecule is CCC(=O)Oc1c(C)nc2cccc(F)c2c1N. The summed E-state index contributed by atoms with van der Waals surface area (Å²) in [6.45, 7) is 3.34. The van der Waals surface area contributed by atoms with Crippen molar-refractivity contribution in [3.8, 4) is 5.75 Å². The summed E-state index contributed by atoms with van der Waals surface area (Å²) in [4.78, 5) is 15.5. The molecule has 0 aliphatic carbocycles. The van der Waals surface area contributed by atoms with Gasteiger partial charge in [-0.25, -0.2) is 9.37 Å². The lowest BCUT2D eigenvalue weighted by atomic mass is 10.1. The van der Waals surface area contributed by atoms with Crippen LogP contribution in [0.3, 0.4) is 0 Å². The molecule has 5 heteroatoms. The predicted octanol–water partition coefficient (Wildman–Crippen LogP) is 2.58. The molecule has 18 heavy (non-hydrogen) atoms. The number of aromatic nitrogens is 1. The number of aryl methyl sites for hydroxylation is 1. The van der Waals surface area contributed by atoms with E-state index in [1.807, 2.05) is 0 Å². The third-order valence-electron chi connectivity index (χ3n) is 2.63. The minimum absolute atomic E-state index is 0.109. The Morgan fingerprint density at radius 3 is 2.89 bits per heavy atom. The van der Waals surface area contributed by atoms with Crippen LogP contribution in [0.15, 0.2) is 18.2 Å². The molecule has 0 saturated carbocycles. The van der Waals surface area contributed by atoms with E-state index >= 15 is 0 Å². The van der Waals surface area contributed by atoms with E-state index < -0.39 is 11.8 Å². The number of benzene rings is 1. The first kappa shape index (κ1) is 12.3. The Bertz CT molecular complexity index is 626. The zero-order valence-corrected chi connectivity index (χ0v) is 10.2. The topological polar surface area (TPSA) is 65.2 Å². The number of rotatable bonds is 2. The van der Waals surface area contributed by atoms with Crippen LogP contribution in [0.1, 0.15) is 19.0 Å². The summed E-state index contributed by atoms with van der Waals surface area (Å²) in [7, 11) is 0. The highest BCUT2D eigenvalue weighted by molar-refractivity contribution is 5.95. The van der Waals surface area contributed by atoms with E-state index in [1.165, 1.54) is 6.07 Å². The number of carbonyl (C=O) groups is 1. The Kier molecular flexibility index (Phi) is 3.14. The van der Waals surface area contributed by atoms with E-state index in [0.717, 1.165) is 0 Å². The molecule has 2 N–H and O–H groups in total. The van der Waals surface area contributed by atoms with Crippen molar-refractivity contribution in [2.45, 2.75) is 20.3 Å². The fourth-order valence-corrected chi connectivity index (χ4v) is 1.73. The smallest absolute Gasteiger partial charge is 0.311 e. The largest absolute Gasteiger partial charge is 0.422 e. The van der Waals surface area contributed by atoms with Crippen molar-refractivity contribution in [2.24, 2.45) is 0 Å². The van der Waals surface area contributed by atoms with E-state index in [2.05, 4.69) is 4.98 Å². The Morgan fingerprint density at radius 1 is 1.50 bits per heavy atom. The average molecular weight is 248 g/mol. The molecule has 0 spiro atoms. The number of nitrogens with two attached hydrogens (primary N) is 1. The summed E-state index contributed by atoms with van der Waals surface area (Å²) in [5.41, 5.74) is 6.89. The van der Waals surface area contributed by atoms with E-state index in [0.29, 0.717) is 11.2 Å². The van der Waals surface area contributed by atoms with Crippen LogP contribution in [0, 0.1) is 12.7 Å². The third kappa shape index (κ3) is 1.99. The van der Waals surface area contributed by atoms with Gasteiger partial charge in [-0.2, -0.15) is 0 Å². The molecule has 0 aliphatic heterocycles. The van der Waals surface area contributed by atoms with E-state index in [1.54, 1.807) is 26.0 Å². The molecule has 0 bridgehead atoms. The van der Waals surface area contributed by atoms with Gasteiger partial charge < -0.3 is 10.5 Å². The van der Waals surface area contributed by atoms with Crippen LogP contribution in [0.2, 0.25) is 0 Å². The van der Waals surface area contributed by atoms with Crippen LogP contribution >= 0.6 is 0 Å². The summed E-state index contributed by atoms with van der Waals surface area (Å²) in [6.07, 6.45) is 0.216. The highest BCUT2D eigenvalue weighted by atomic mass is 19.1. The summed E-state index contributed by atoms with van der Waals surface area (Å²) < 4.78 is 18.8. The number of halogens is 1. The zero-order valence-electron chi connectivity index (χ0n) is 10.2. The molecule has 1 aromatic carbocycles. The Balaban J connectivity index is 2.67. The van der Waals surface area contributed by atoms with Crippen LogP contribution in [0.5, 0.6) is 5.75 Å². The second kappa shape index (κ2) is 4.60. The number of anilines is 1. The molecule has 0 unspecified atom stereocenters. The minimum atomic E-state index is -0.480. The molecule has 4 nitrogen and oxygen atoms in total. The number of ether oxygens (including phenoxy) is 1. The average Bonchev–Trinajstić information content (AvgIpc) is 2.33. The van der Waals surface area contributed by atoms with Crippen molar-refractivity contribution < 1.29 is 13.9 Å². The van der Waals surface area contributed by atoms with Gasteiger partial charge in [-0.1, -0.05) is 13.0 Å². The van der Waals surface area contributed by atoms with E-state index in [4.69, 9.17) is 10.5 Å². The lowest BCUT2D eigenvalue weighted by Gasteiger charge is -2.12. The number of carbonyl (C=O) groups excluding carboxylic acids is 1. The summed E-state index contributed by atoms with van der Waals surface area (Å²) in [5.74, 6) is -0.770. The predicted molar refractivity (Wildman–Crippen MR) is 66.8 cm³/mol. The van der Waals surface area contributed by atoms with E-state index in [-0.39, 0.29) is 23.2 Å². The molecule has 0 radical (unpaired) electrons. The van der Waals surface area contributed by atoms with Crippen molar-refractivity contribution in [2.75, 3.05) is 5.73 Å². The summed E-state index contributed by atoms with van der Waals surface area (Å²) in [5, 5.41) is 0.182. The highest BCUT2D eigenvalue weighted by Crippen LogP contribution is 2.33. The monoisotopic (exact) mass is 248 g/mol. The molecule has 2 aromatic rings. The lowest BCUT2D eigenvalue weighted by molar-refractivity contribution is -0.134. The van der Waals surface area contributed by atoms with Crippen molar-refractivity contribution in [1.29, 1.82) is 0 Å². The molecule has 2 rings (SSSR count). The Morgan fingerprint density at radius 2 is 2.22 bits per heavy atom. The van der Waals surface area contributed by atoms with Gasteiger partial charge in [0.1, 0.15) is 5.82 Å². The molecule has 1 aromatic heterocycles. The third-order valence-corrected chi connectivity index (χ3v) is 2.63. The first-order valence-corrected chi connectivity index (χ1v) is 5.59. The van der Waals surface area contributed by atoms with Gasteiger partial charge in [-0.3, -0.25) is 4.79 Å². The van der Waals surface area contributed by atoms with Gasteiger partial charge in [-0.15, -0.1) is 0 Å². The number of esters is 1. The summed E-state index contributed by atoms with van der Waals surface area (Å²) in [6, 6.07) is 4.51. The number of nitrogen functional groups attached to an aromatic ring is 1. The molecule has 0 atom stereocenters. The van der Waals surface area contributed by atoms with Gasteiger partial charge in [-0.05, 0) is 19.1 Å². The van der Waals surface area contributed by atoms with Gasteiger partial charge in [0, 0.05) is 6.42 Å². The van der Waals surface area contributed by atoms with E-state index in [9.17, 15) is 9.18 Å². The van der Waals surface area contributed by atoms with Gasteiger partial charge in [0.05, 0.1) is 22.3 Å². The van der Waals surface area contributed by atoms with Crippen molar-refractivity contribution in [3.63, 3.8) is 0 Å². The van der Waals surface area contributed by atoms with Crippen molar-refractivity contribution in [1.82, 2.24) is 4.98 Å². The lowest BCUT2D eigenvalue weighted by Crippen LogP contribution is -2.10. The number of pyridine rings is 1. The minimum Gasteiger partial charge on any atom is -0.422 e. The molecule has 0 amide bonds. The van der Waals surface area contributed by atoms with Gasteiger partial charge in [0.25, 0.3) is 0 Å². The normalized spacial score (nSPS) is 10.6. The fraction of sp³-hybridized carbons (Fsp3) is 0.231. The Labute approximate surface area is 104 Å². The Hall–Kier alpha value is -2.17. The maximum atomic E-state index is 13.7. The molecule has 0 saturated heterocycles. The van der Waals surface area contributed by atoms with Crippen molar-refractivity contribution >= 4 is 22.6 Å². The van der Waals surface area contributed by atoms with Gasteiger partial charge in [0.2, 0.25) is 0 Å². The first-order valence-electron chi connectivity index (χ1n) is 5.59. The fourth-order valence-electron chi connectivity index (χ4n) is 1.73. The van der Waals surface area contributed by atoms with Crippen LogP contribution < -0.4 is 10.5 Å². The number of nitrogens with zero attached hydrogens (tertiary/aromatic N) is 1. The highest BCUT2D eigenvalue weighted by Gasteiger charge is 2.16. The first-order chi connectivity index (χ1) is 8.54. The molecule has 0 fully saturated rings. The molecular weight excluding hydrogens is 235 g/mol. The zero-order chi connectivity index (χ0) is 13.3. The number of fused-ring (bicyclic) bond motifs is 1. The van der Waals surface area contributed by atoms with Crippen molar-refractivity contribution in [3.05, 3.63) is 29.7 Å². The quantitative estimate of drug-likeness (QED) is 0.829. The number of hydrogen-bond acceptors (Lipinski definition) is 4. The molecular formula is C13H13FN2O2. The van der Waals surface area contributed by atoms with Crippen LogP contribution in [-0.4, -0.2) is 11.0 Å². The maximum absolute atomic E-state index is 13.7. The molecule has 0 aliphatic rings. The second-order valence-corrected chi connectivity index (χ2v) is 3.90. The number of hydrogen-bond donors (Lipinski definition) is 1. The standard InChI is InChI=1S/C13H13FN2O2/c1-3-10(17)18-13-7(2)16-9-6-4-5-8(14)11(9)12(13)15/h4-6H,3H2,1-2H3,(H2,15,16). The molecule has 1 heterocycles. The van der Waals surface area contributed by atoms with Crippen LogP contribution in [0.4, 0.5) is 10.1 Å². The maximum Gasteiger partial charge on any atom is 0.311 e. The van der Waals surface area contributed by atoms with Gasteiger partial charge >= 0.3 is 5.97 Å². The van der Waals surface area contributed by atoms with Crippen LogP contribution in [0.25, 0.3) is 10.9 Å². The molecule has 94 valence electrons.